The first-order valence-corrected chi connectivity index (χ1v) is 8.71. The molecule has 2 aliphatic heterocycles. The van der Waals surface area contributed by atoms with Gasteiger partial charge in [0.15, 0.2) is 0 Å². The van der Waals surface area contributed by atoms with Crippen molar-refractivity contribution in [1.29, 1.82) is 0 Å². The molecule has 0 N–H and O–H groups in total. The number of benzene rings is 1. The van der Waals surface area contributed by atoms with E-state index in [0.717, 1.165) is 23.9 Å². The molecule has 0 aliphatic carbocycles. The van der Waals surface area contributed by atoms with E-state index in [0.29, 0.717) is 5.92 Å². The van der Waals surface area contributed by atoms with Crippen molar-refractivity contribution in [3.8, 4) is 5.75 Å². The smallest absolute Gasteiger partial charge is 0.125 e. The van der Waals surface area contributed by atoms with Gasteiger partial charge < -0.3 is 9.15 Å². The van der Waals surface area contributed by atoms with E-state index in [1.165, 1.54) is 11.1 Å². The van der Waals surface area contributed by atoms with Crippen LogP contribution in [0.3, 0.4) is 0 Å². The van der Waals surface area contributed by atoms with Crippen LogP contribution >= 0.6 is 21.6 Å². The predicted octanol–water partition coefficient (Wildman–Crippen LogP) is 4.24. The molecule has 2 aliphatic rings. The van der Waals surface area contributed by atoms with E-state index in [9.17, 15) is 0 Å². The lowest BCUT2D eigenvalue weighted by Gasteiger charge is -2.37. The molecule has 4 rings (SSSR count). The SMILES string of the molecule is Cc1ccc2c(c1)C1(c3ccco3)SSCC1CO2. The van der Waals surface area contributed by atoms with Crippen molar-refractivity contribution in [2.45, 2.75) is 11.7 Å². The lowest BCUT2D eigenvalue weighted by atomic mass is 9.81. The Morgan fingerprint density at radius 2 is 2.26 bits per heavy atom. The molecule has 0 spiro atoms. The third-order valence-corrected chi connectivity index (χ3v) is 7.12. The van der Waals surface area contributed by atoms with Gasteiger partial charge in [-0.05, 0) is 25.1 Å². The van der Waals surface area contributed by atoms with Gasteiger partial charge in [0.2, 0.25) is 0 Å². The molecule has 98 valence electrons. The normalized spacial score (nSPS) is 28.6. The second-order valence-electron chi connectivity index (χ2n) is 5.09. The van der Waals surface area contributed by atoms with Gasteiger partial charge in [0.25, 0.3) is 0 Å². The molecule has 2 atom stereocenters. The maximum atomic E-state index is 5.95. The first kappa shape index (κ1) is 11.8. The van der Waals surface area contributed by atoms with Crippen molar-refractivity contribution in [2.75, 3.05) is 12.4 Å². The Hall–Kier alpha value is -1.00. The molecule has 0 amide bonds. The molecule has 1 saturated heterocycles. The van der Waals surface area contributed by atoms with Crippen LogP contribution in [-0.4, -0.2) is 12.4 Å². The zero-order chi connectivity index (χ0) is 12.9. The molecule has 1 aromatic heterocycles. The van der Waals surface area contributed by atoms with Crippen molar-refractivity contribution < 1.29 is 9.15 Å². The Morgan fingerprint density at radius 3 is 3.11 bits per heavy atom. The minimum Gasteiger partial charge on any atom is -0.493 e. The summed E-state index contributed by atoms with van der Waals surface area (Å²) in [6.45, 7) is 2.91. The molecule has 0 radical (unpaired) electrons. The summed E-state index contributed by atoms with van der Waals surface area (Å²) >= 11 is 0. The zero-order valence-corrected chi connectivity index (χ0v) is 12.2. The Bertz CT molecular complexity index is 609. The maximum absolute atomic E-state index is 5.95. The predicted molar refractivity (Wildman–Crippen MR) is 79.7 cm³/mol. The first-order chi connectivity index (χ1) is 9.30. The van der Waals surface area contributed by atoms with Gasteiger partial charge >= 0.3 is 0 Å². The van der Waals surface area contributed by atoms with Gasteiger partial charge in [-0.2, -0.15) is 0 Å². The van der Waals surface area contributed by atoms with E-state index in [-0.39, 0.29) is 4.75 Å². The van der Waals surface area contributed by atoms with Crippen LogP contribution < -0.4 is 4.74 Å². The quantitative estimate of drug-likeness (QED) is 0.733. The van der Waals surface area contributed by atoms with Crippen molar-refractivity contribution in [3.05, 3.63) is 53.5 Å². The minimum atomic E-state index is -0.0756. The molecule has 2 aromatic rings. The lowest BCUT2D eigenvalue weighted by Crippen LogP contribution is -2.38. The summed E-state index contributed by atoms with van der Waals surface area (Å²) in [4.78, 5) is 0. The van der Waals surface area contributed by atoms with E-state index >= 15 is 0 Å². The monoisotopic (exact) mass is 290 g/mol. The average Bonchev–Trinajstić information content (AvgIpc) is 3.08. The van der Waals surface area contributed by atoms with Crippen LogP contribution in [0.15, 0.2) is 41.0 Å². The molecular formula is C15H14O2S2. The molecule has 4 heteroatoms. The third kappa shape index (κ3) is 1.59. The number of hydrogen-bond donors (Lipinski definition) is 0. The Morgan fingerprint density at radius 1 is 1.32 bits per heavy atom. The molecule has 19 heavy (non-hydrogen) atoms. The van der Waals surface area contributed by atoms with E-state index < -0.39 is 0 Å². The number of fused-ring (bicyclic) bond motifs is 3. The number of furan rings is 1. The summed E-state index contributed by atoms with van der Waals surface area (Å²) in [5.74, 6) is 3.65. The molecular weight excluding hydrogens is 276 g/mol. The van der Waals surface area contributed by atoms with E-state index in [4.69, 9.17) is 9.15 Å². The van der Waals surface area contributed by atoms with Crippen LogP contribution in [0.5, 0.6) is 5.75 Å². The molecule has 0 saturated carbocycles. The van der Waals surface area contributed by atoms with Gasteiger partial charge in [-0.25, -0.2) is 0 Å². The van der Waals surface area contributed by atoms with Gasteiger partial charge in [-0.15, -0.1) is 0 Å². The van der Waals surface area contributed by atoms with Crippen molar-refractivity contribution in [2.24, 2.45) is 5.92 Å². The van der Waals surface area contributed by atoms with Crippen molar-refractivity contribution in [1.82, 2.24) is 0 Å². The standard InChI is InChI=1S/C15H14O2S2/c1-10-4-5-13-12(7-10)15(14-3-2-6-16-14)11(8-17-13)9-18-19-15/h2-7,11H,8-9H2,1H3. The number of aryl methyl sites for hydroxylation is 1. The molecule has 2 nitrogen and oxygen atoms in total. The largest absolute Gasteiger partial charge is 0.493 e. The number of ether oxygens (including phenoxy) is 1. The van der Waals surface area contributed by atoms with Gasteiger partial charge in [0, 0.05) is 17.2 Å². The number of hydrogen-bond acceptors (Lipinski definition) is 4. The van der Waals surface area contributed by atoms with Crippen molar-refractivity contribution >= 4 is 21.6 Å². The highest BCUT2D eigenvalue weighted by atomic mass is 33.1. The molecule has 1 aromatic carbocycles. The summed E-state index contributed by atoms with van der Waals surface area (Å²) in [5.41, 5.74) is 2.54. The Balaban J connectivity index is 1.98. The fourth-order valence-electron chi connectivity index (χ4n) is 2.94. The van der Waals surface area contributed by atoms with Gasteiger partial charge in [-0.1, -0.05) is 39.3 Å². The minimum absolute atomic E-state index is 0.0756. The summed E-state index contributed by atoms with van der Waals surface area (Å²) in [7, 11) is 3.85. The summed E-state index contributed by atoms with van der Waals surface area (Å²) in [6.07, 6.45) is 1.77. The first-order valence-electron chi connectivity index (χ1n) is 6.39. The highest BCUT2D eigenvalue weighted by Gasteiger charge is 2.53. The molecule has 1 fully saturated rings. The Kier molecular flexibility index (Phi) is 2.64. The second-order valence-corrected chi connectivity index (χ2v) is 7.68. The fourth-order valence-corrected chi connectivity index (χ4v) is 6.72. The van der Waals surface area contributed by atoms with E-state index in [2.05, 4.69) is 31.2 Å². The summed E-state index contributed by atoms with van der Waals surface area (Å²) in [5, 5.41) is 0. The lowest BCUT2D eigenvalue weighted by molar-refractivity contribution is 0.199. The zero-order valence-electron chi connectivity index (χ0n) is 10.6. The van der Waals surface area contributed by atoms with Crippen LogP contribution in [0.2, 0.25) is 0 Å². The summed E-state index contributed by atoms with van der Waals surface area (Å²) < 4.78 is 11.7. The molecule has 3 heterocycles. The van der Waals surface area contributed by atoms with Crippen LogP contribution in [0.1, 0.15) is 16.9 Å². The maximum Gasteiger partial charge on any atom is 0.125 e. The number of rotatable bonds is 1. The van der Waals surface area contributed by atoms with E-state index in [1.807, 2.05) is 27.7 Å². The van der Waals surface area contributed by atoms with Crippen molar-refractivity contribution in [3.63, 3.8) is 0 Å². The van der Waals surface area contributed by atoms with Gasteiger partial charge in [-0.3, -0.25) is 0 Å². The second kappa shape index (κ2) is 4.25. The fraction of sp³-hybridized carbons (Fsp3) is 0.333. The van der Waals surface area contributed by atoms with Crippen LogP contribution in [0.4, 0.5) is 0 Å². The highest BCUT2D eigenvalue weighted by molar-refractivity contribution is 8.77. The topological polar surface area (TPSA) is 22.4 Å². The molecule has 0 bridgehead atoms. The van der Waals surface area contributed by atoms with Gasteiger partial charge in [0.05, 0.1) is 12.9 Å². The van der Waals surface area contributed by atoms with Crippen LogP contribution in [0.25, 0.3) is 0 Å². The van der Waals surface area contributed by atoms with Crippen LogP contribution in [-0.2, 0) is 4.75 Å². The summed E-state index contributed by atoms with van der Waals surface area (Å²) in [6, 6.07) is 10.5. The average molecular weight is 290 g/mol. The third-order valence-electron chi connectivity index (χ3n) is 3.90. The highest BCUT2D eigenvalue weighted by Crippen LogP contribution is 2.63. The molecule has 2 unspecified atom stereocenters. The Labute approximate surface area is 120 Å². The van der Waals surface area contributed by atoms with E-state index in [1.54, 1.807) is 6.26 Å². The van der Waals surface area contributed by atoms with Crippen LogP contribution in [0, 0.1) is 12.8 Å². The van der Waals surface area contributed by atoms with Gasteiger partial charge in [0.1, 0.15) is 16.3 Å².